The second kappa shape index (κ2) is 4.04. The summed E-state index contributed by atoms with van der Waals surface area (Å²) in [5.41, 5.74) is 5.35. The van der Waals surface area contributed by atoms with Gasteiger partial charge in [-0.3, -0.25) is 4.79 Å². The SMILES string of the molecule is C=CCC(N)C(=O)C=C. The molecule has 0 aromatic rings. The van der Waals surface area contributed by atoms with Gasteiger partial charge in [-0.2, -0.15) is 0 Å². The third kappa shape index (κ3) is 2.82. The van der Waals surface area contributed by atoms with Crippen LogP contribution in [0.25, 0.3) is 0 Å². The molecule has 0 fully saturated rings. The fraction of sp³-hybridized carbons (Fsp3) is 0.286. The molecule has 0 aromatic heterocycles. The Morgan fingerprint density at radius 1 is 1.67 bits per heavy atom. The summed E-state index contributed by atoms with van der Waals surface area (Å²) in [5, 5.41) is 0. The normalized spacial score (nSPS) is 12.1. The van der Waals surface area contributed by atoms with E-state index in [4.69, 9.17) is 5.73 Å². The molecule has 2 N–H and O–H groups in total. The minimum absolute atomic E-state index is 0.130. The zero-order valence-corrected chi connectivity index (χ0v) is 5.34. The molecule has 0 aromatic carbocycles. The van der Waals surface area contributed by atoms with Gasteiger partial charge in [0.1, 0.15) is 0 Å². The number of rotatable bonds is 4. The van der Waals surface area contributed by atoms with Crippen molar-refractivity contribution in [2.24, 2.45) is 5.73 Å². The van der Waals surface area contributed by atoms with E-state index in [0.717, 1.165) is 0 Å². The molecule has 0 aliphatic rings. The number of carbonyl (C=O) groups is 1. The fourth-order valence-corrected chi connectivity index (χ4v) is 0.447. The summed E-state index contributed by atoms with van der Waals surface area (Å²) >= 11 is 0. The standard InChI is InChI=1S/C7H11NO/c1-3-5-6(8)7(9)4-2/h3-4,6H,1-2,5,8H2. The van der Waals surface area contributed by atoms with E-state index < -0.39 is 6.04 Å². The zero-order chi connectivity index (χ0) is 7.28. The average Bonchev–Trinajstić information content (AvgIpc) is 1.87. The lowest BCUT2D eigenvalue weighted by atomic mass is 10.1. The van der Waals surface area contributed by atoms with Crippen LogP contribution in [0.3, 0.4) is 0 Å². The minimum Gasteiger partial charge on any atom is -0.321 e. The Kier molecular flexibility index (Phi) is 3.64. The first kappa shape index (κ1) is 8.11. The highest BCUT2D eigenvalue weighted by Gasteiger charge is 2.05. The maximum atomic E-state index is 10.6. The number of hydrogen-bond acceptors (Lipinski definition) is 2. The van der Waals surface area contributed by atoms with E-state index in [2.05, 4.69) is 13.2 Å². The van der Waals surface area contributed by atoms with Crippen LogP contribution in [0.15, 0.2) is 25.3 Å². The highest BCUT2D eigenvalue weighted by atomic mass is 16.1. The predicted octanol–water partition coefficient (Wildman–Crippen LogP) is 0.645. The molecule has 0 rings (SSSR count). The van der Waals surface area contributed by atoms with E-state index in [1.807, 2.05) is 0 Å². The molecule has 0 bridgehead atoms. The molecular weight excluding hydrogens is 114 g/mol. The molecule has 2 nitrogen and oxygen atoms in total. The van der Waals surface area contributed by atoms with Crippen LogP contribution in [-0.4, -0.2) is 11.8 Å². The summed E-state index contributed by atoms with van der Waals surface area (Å²) in [4.78, 5) is 10.6. The van der Waals surface area contributed by atoms with Crippen LogP contribution in [0.2, 0.25) is 0 Å². The van der Waals surface area contributed by atoms with Crippen molar-refractivity contribution in [1.29, 1.82) is 0 Å². The van der Waals surface area contributed by atoms with E-state index in [1.54, 1.807) is 6.08 Å². The van der Waals surface area contributed by atoms with Gasteiger partial charge in [0.05, 0.1) is 6.04 Å². The molecule has 0 spiro atoms. The highest BCUT2D eigenvalue weighted by Crippen LogP contribution is 1.90. The van der Waals surface area contributed by atoms with Gasteiger partial charge in [0.25, 0.3) is 0 Å². The molecule has 0 aliphatic heterocycles. The lowest BCUT2D eigenvalue weighted by Gasteiger charge is -2.01. The smallest absolute Gasteiger partial charge is 0.172 e. The molecule has 0 heterocycles. The molecule has 9 heavy (non-hydrogen) atoms. The van der Waals surface area contributed by atoms with Gasteiger partial charge in [-0.15, -0.1) is 6.58 Å². The molecule has 1 unspecified atom stereocenters. The van der Waals surface area contributed by atoms with Gasteiger partial charge < -0.3 is 5.73 Å². The van der Waals surface area contributed by atoms with Crippen LogP contribution in [0.1, 0.15) is 6.42 Å². The van der Waals surface area contributed by atoms with Gasteiger partial charge in [0.15, 0.2) is 5.78 Å². The van der Waals surface area contributed by atoms with E-state index in [-0.39, 0.29) is 5.78 Å². The highest BCUT2D eigenvalue weighted by molar-refractivity contribution is 5.93. The van der Waals surface area contributed by atoms with Crippen molar-refractivity contribution in [1.82, 2.24) is 0 Å². The number of ketones is 1. The maximum Gasteiger partial charge on any atom is 0.172 e. The Labute approximate surface area is 55.1 Å². The molecular formula is C7H11NO. The van der Waals surface area contributed by atoms with Gasteiger partial charge in [-0.25, -0.2) is 0 Å². The Hall–Kier alpha value is -0.890. The molecule has 0 aliphatic carbocycles. The third-order valence-electron chi connectivity index (χ3n) is 0.987. The second-order valence-corrected chi connectivity index (χ2v) is 1.74. The largest absolute Gasteiger partial charge is 0.321 e. The zero-order valence-electron chi connectivity index (χ0n) is 5.34. The first-order chi connectivity index (χ1) is 4.22. The molecule has 1 atom stereocenters. The fourth-order valence-electron chi connectivity index (χ4n) is 0.447. The summed E-state index contributed by atoms with van der Waals surface area (Å²) in [6.45, 7) is 6.75. The minimum atomic E-state index is -0.444. The Balaban J connectivity index is 3.71. The van der Waals surface area contributed by atoms with Crippen molar-refractivity contribution in [3.05, 3.63) is 25.3 Å². The Morgan fingerprint density at radius 3 is 2.56 bits per heavy atom. The van der Waals surface area contributed by atoms with Crippen molar-refractivity contribution in [2.75, 3.05) is 0 Å². The van der Waals surface area contributed by atoms with Gasteiger partial charge in [0, 0.05) is 0 Å². The monoisotopic (exact) mass is 125 g/mol. The summed E-state index contributed by atoms with van der Waals surface area (Å²) in [6, 6.07) is -0.444. The van der Waals surface area contributed by atoms with Crippen LogP contribution >= 0.6 is 0 Å². The summed E-state index contributed by atoms with van der Waals surface area (Å²) in [7, 11) is 0. The Bertz CT molecular complexity index is 129. The van der Waals surface area contributed by atoms with Crippen LogP contribution in [0.5, 0.6) is 0 Å². The van der Waals surface area contributed by atoms with Crippen molar-refractivity contribution in [3.63, 3.8) is 0 Å². The number of hydrogen-bond donors (Lipinski definition) is 1. The van der Waals surface area contributed by atoms with Crippen molar-refractivity contribution < 1.29 is 4.79 Å². The third-order valence-corrected chi connectivity index (χ3v) is 0.987. The molecule has 0 saturated heterocycles. The van der Waals surface area contributed by atoms with Crippen LogP contribution in [0, 0.1) is 0 Å². The molecule has 50 valence electrons. The lowest BCUT2D eigenvalue weighted by Crippen LogP contribution is -2.27. The van der Waals surface area contributed by atoms with Gasteiger partial charge >= 0.3 is 0 Å². The molecule has 2 heteroatoms. The van der Waals surface area contributed by atoms with E-state index in [9.17, 15) is 4.79 Å². The predicted molar refractivity (Wildman–Crippen MR) is 38.0 cm³/mol. The lowest BCUT2D eigenvalue weighted by molar-refractivity contribution is -0.115. The average molecular weight is 125 g/mol. The Morgan fingerprint density at radius 2 is 2.22 bits per heavy atom. The van der Waals surface area contributed by atoms with Gasteiger partial charge in [-0.1, -0.05) is 12.7 Å². The quantitative estimate of drug-likeness (QED) is 0.442. The van der Waals surface area contributed by atoms with Crippen molar-refractivity contribution >= 4 is 5.78 Å². The molecule has 0 amide bonds. The number of nitrogens with two attached hydrogens (primary N) is 1. The second-order valence-electron chi connectivity index (χ2n) is 1.74. The first-order valence-electron chi connectivity index (χ1n) is 2.75. The number of carbonyl (C=O) groups excluding carboxylic acids is 1. The summed E-state index contributed by atoms with van der Waals surface area (Å²) < 4.78 is 0. The van der Waals surface area contributed by atoms with E-state index in [0.29, 0.717) is 6.42 Å². The van der Waals surface area contributed by atoms with Crippen molar-refractivity contribution in [3.8, 4) is 0 Å². The van der Waals surface area contributed by atoms with E-state index >= 15 is 0 Å². The van der Waals surface area contributed by atoms with Gasteiger partial charge in [-0.05, 0) is 12.5 Å². The topological polar surface area (TPSA) is 43.1 Å². The summed E-state index contributed by atoms with van der Waals surface area (Å²) in [5.74, 6) is -0.130. The van der Waals surface area contributed by atoms with Crippen LogP contribution in [-0.2, 0) is 4.79 Å². The van der Waals surface area contributed by atoms with E-state index in [1.165, 1.54) is 6.08 Å². The summed E-state index contributed by atoms with van der Waals surface area (Å²) in [6.07, 6.45) is 3.37. The van der Waals surface area contributed by atoms with Crippen LogP contribution < -0.4 is 5.73 Å². The molecule has 0 radical (unpaired) electrons. The van der Waals surface area contributed by atoms with Crippen molar-refractivity contribution in [2.45, 2.75) is 12.5 Å². The molecule has 0 saturated carbocycles. The van der Waals surface area contributed by atoms with Gasteiger partial charge in [0.2, 0.25) is 0 Å². The first-order valence-corrected chi connectivity index (χ1v) is 2.75. The maximum absolute atomic E-state index is 10.6. The van der Waals surface area contributed by atoms with Crippen LogP contribution in [0.4, 0.5) is 0 Å².